The third-order valence-corrected chi connectivity index (χ3v) is 1.79. The van der Waals surface area contributed by atoms with Crippen LogP contribution in [0.3, 0.4) is 0 Å². The summed E-state index contributed by atoms with van der Waals surface area (Å²) < 4.78 is 9.49. The molecule has 0 aromatic heterocycles. The SMILES string of the molecule is C=CC(=O)OC(C)CC(=CC)C(=O)OC. The molecule has 0 saturated carbocycles. The standard InChI is InChI=1S/C11H16O4/c1-5-9(11(13)14-4)7-8(3)15-10(12)6-2/h5-6,8H,2,7H2,1,3-4H3. The van der Waals surface area contributed by atoms with Crippen molar-refractivity contribution < 1.29 is 19.1 Å². The summed E-state index contributed by atoms with van der Waals surface area (Å²) in [5, 5.41) is 0. The van der Waals surface area contributed by atoms with Crippen molar-refractivity contribution in [1.82, 2.24) is 0 Å². The molecule has 0 radical (unpaired) electrons. The number of rotatable bonds is 5. The maximum Gasteiger partial charge on any atom is 0.333 e. The van der Waals surface area contributed by atoms with Gasteiger partial charge in [-0.3, -0.25) is 0 Å². The molecule has 0 spiro atoms. The lowest BCUT2D eigenvalue weighted by atomic mass is 10.1. The predicted octanol–water partition coefficient (Wildman–Crippen LogP) is 1.61. The lowest BCUT2D eigenvalue weighted by Gasteiger charge is -2.12. The van der Waals surface area contributed by atoms with Gasteiger partial charge < -0.3 is 9.47 Å². The molecule has 0 aromatic carbocycles. The van der Waals surface area contributed by atoms with E-state index in [0.29, 0.717) is 12.0 Å². The molecule has 0 aliphatic heterocycles. The van der Waals surface area contributed by atoms with Crippen molar-refractivity contribution in [2.24, 2.45) is 0 Å². The predicted molar refractivity (Wildman–Crippen MR) is 56.1 cm³/mol. The first-order chi connectivity index (χ1) is 7.04. The van der Waals surface area contributed by atoms with Crippen molar-refractivity contribution in [2.45, 2.75) is 26.4 Å². The lowest BCUT2D eigenvalue weighted by Crippen LogP contribution is -2.17. The summed E-state index contributed by atoms with van der Waals surface area (Å²) in [4.78, 5) is 22.0. The Morgan fingerprint density at radius 3 is 2.47 bits per heavy atom. The smallest absolute Gasteiger partial charge is 0.333 e. The minimum atomic E-state index is -0.497. The van der Waals surface area contributed by atoms with Crippen molar-refractivity contribution in [2.75, 3.05) is 7.11 Å². The number of carbonyl (C=O) groups excluding carboxylic acids is 2. The fourth-order valence-electron chi connectivity index (χ4n) is 1.05. The van der Waals surface area contributed by atoms with Gasteiger partial charge in [0.25, 0.3) is 0 Å². The molecule has 4 heteroatoms. The van der Waals surface area contributed by atoms with Gasteiger partial charge in [0.2, 0.25) is 0 Å². The molecular formula is C11H16O4. The van der Waals surface area contributed by atoms with Crippen LogP contribution in [0.2, 0.25) is 0 Å². The molecule has 0 N–H and O–H groups in total. The Morgan fingerprint density at radius 1 is 1.47 bits per heavy atom. The minimum Gasteiger partial charge on any atom is -0.466 e. The molecule has 15 heavy (non-hydrogen) atoms. The molecule has 84 valence electrons. The Kier molecular flexibility index (Phi) is 6.09. The van der Waals surface area contributed by atoms with Gasteiger partial charge in [-0.05, 0) is 13.8 Å². The van der Waals surface area contributed by atoms with Gasteiger partial charge in [0.15, 0.2) is 0 Å². The number of hydrogen-bond acceptors (Lipinski definition) is 4. The van der Waals surface area contributed by atoms with Gasteiger partial charge in [-0.15, -0.1) is 0 Å². The van der Waals surface area contributed by atoms with Crippen molar-refractivity contribution in [3.63, 3.8) is 0 Å². The highest BCUT2D eigenvalue weighted by Gasteiger charge is 2.14. The minimum absolute atomic E-state index is 0.336. The van der Waals surface area contributed by atoms with E-state index in [9.17, 15) is 9.59 Å². The molecule has 1 atom stereocenters. The van der Waals surface area contributed by atoms with Crippen LogP contribution in [0, 0.1) is 0 Å². The third-order valence-electron chi connectivity index (χ3n) is 1.79. The molecule has 0 bridgehead atoms. The number of esters is 2. The molecule has 4 nitrogen and oxygen atoms in total. The highest BCUT2D eigenvalue weighted by atomic mass is 16.5. The average molecular weight is 212 g/mol. The number of ether oxygens (including phenoxy) is 2. The van der Waals surface area contributed by atoms with Crippen LogP contribution in [-0.4, -0.2) is 25.2 Å². The van der Waals surface area contributed by atoms with E-state index < -0.39 is 11.9 Å². The second-order valence-electron chi connectivity index (χ2n) is 2.96. The van der Waals surface area contributed by atoms with Crippen LogP contribution in [0.5, 0.6) is 0 Å². The number of hydrogen-bond donors (Lipinski definition) is 0. The summed E-state index contributed by atoms with van der Waals surface area (Å²) in [6, 6.07) is 0. The van der Waals surface area contributed by atoms with Crippen LogP contribution < -0.4 is 0 Å². The quantitative estimate of drug-likeness (QED) is 0.513. The zero-order valence-corrected chi connectivity index (χ0v) is 9.28. The number of allylic oxidation sites excluding steroid dienone is 1. The fourth-order valence-corrected chi connectivity index (χ4v) is 1.05. The summed E-state index contributed by atoms with van der Waals surface area (Å²) in [5.74, 6) is -0.901. The van der Waals surface area contributed by atoms with Crippen LogP contribution >= 0.6 is 0 Å². The summed E-state index contributed by atoms with van der Waals surface area (Å²) in [5.41, 5.74) is 0.488. The van der Waals surface area contributed by atoms with E-state index in [1.807, 2.05) is 0 Å². The van der Waals surface area contributed by atoms with Gasteiger partial charge in [0.05, 0.1) is 7.11 Å². The van der Waals surface area contributed by atoms with Gasteiger partial charge in [-0.2, -0.15) is 0 Å². The van der Waals surface area contributed by atoms with Crippen molar-refractivity contribution >= 4 is 11.9 Å². The number of carbonyl (C=O) groups is 2. The lowest BCUT2D eigenvalue weighted by molar-refractivity contribution is -0.143. The molecule has 0 aromatic rings. The molecule has 0 saturated heterocycles. The highest BCUT2D eigenvalue weighted by molar-refractivity contribution is 5.88. The molecule has 0 fully saturated rings. The average Bonchev–Trinajstić information content (AvgIpc) is 2.24. The third kappa shape index (κ3) is 5.00. The first kappa shape index (κ1) is 13.4. The van der Waals surface area contributed by atoms with Crippen LogP contribution in [0.1, 0.15) is 20.3 Å². The zero-order chi connectivity index (χ0) is 11.8. The van der Waals surface area contributed by atoms with E-state index >= 15 is 0 Å². The van der Waals surface area contributed by atoms with E-state index in [-0.39, 0.29) is 6.10 Å². The molecule has 0 aliphatic carbocycles. The maximum atomic E-state index is 11.2. The Balaban J connectivity index is 4.26. The molecule has 0 aliphatic rings. The Morgan fingerprint density at radius 2 is 2.07 bits per heavy atom. The van der Waals surface area contributed by atoms with E-state index in [1.54, 1.807) is 19.9 Å². The van der Waals surface area contributed by atoms with E-state index in [4.69, 9.17) is 4.74 Å². The summed E-state index contributed by atoms with van der Waals surface area (Å²) in [6.45, 7) is 6.72. The number of methoxy groups -OCH3 is 1. The van der Waals surface area contributed by atoms with Crippen molar-refractivity contribution in [1.29, 1.82) is 0 Å². The maximum absolute atomic E-state index is 11.2. The van der Waals surface area contributed by atoms with Gasteiger partial charge in [-0.25, -0.2) is 9.59 Å². The van der Waals surface area contributed by atoms with Crippen LogP contribution in [0.15, 0.2) is 24.3 Å². The fraction of sp³-hybridized carbons (Fsp3) is 0.455. The first-order valence-corrected chi connectivity index (χ1v) is 4.61. The summed E-state index contributed by atoms with van der Waals surface area (Å²) in [6.07, 6.45) is 2.69. The van der Waals surface area contributed by atoms with Gasteiger partial charge in [0, 0.05) is 18.1 Å². The van der Waals surface area contributed by atoms with Gasteiger partial charge >= 0.3 is 11.9 Å². The zero-order valence-electron chi connectivity index (χ0n) is 9.28. The molecule has 0 heterocycles. The van der Waals surface area contributed by atoms with Gasteiger partial charge in [0.1, 0.15) is 6.10 Å². The van der Waals surface area contributed by atoms with Crippen molar-refractivity contribution in [3.8, 4) is 0 Å². The summed E-state index contributed by atoms with van der Waals surface area (Å²) >= 11 is 0. The second-order valence-corrected chi connectivity index (χ2v) is 2.96. The Labute approximate surface area is 89.6 Å². The summed E-state index contributed by atoms with van der Waals surface area (Å²) in [7, 11) is 1.31. The van der Waals surface area contributed by atoms with E-state index in [0.717, 1.165) is 6.08 Å². The highest BCUT2D eigenvalue weighted by Crippen LogP contribution is 2.10. The monoisotopic (exact) mass is 212 g/mol. The Bertz CT molecular complexity index is 278. The molecule has 0 rings (SSSR count). The van der Waals surface area contributed by atoms with Crippen molar-refractivity contribution in [3.05, 3.63) is 24.3 Å². The second kappa shape index (κ2) is 6.81. The van der Waals surface area contributed by atoms with Crippen LogP contribution in [0.25, 0.3) is 0 Å². The molecular weight excluding hydrogens is 196 g/mol. The van der Waals surface area contributed by atoms with E-state index in [1.165, 1.54) is 7.11 Å². The molecule has 0 amide bonds. The van der Waals surface area contributed by atoms with Crippen LogP contribution in [0.4, 0.5) is 0 Å². The first-order valence-electron chi connectivity index (χ1n) is 4.61. The normalized spacial score (nSPS) is 12.9. The largest absolute Gasteiger partial charge is 0.466 e. The van der Waals surface area contributed by atoms with Gasteiger partial charge in [-0.1, -0.05) is 12.7 Å². The Hall–Kier alpha value is -1.58. The topological polar surface area (TPSA) is 52.6 Å². The van der Waals surface area contributed by atoms with Crippen LogP contribution in [-0.2, 0) is 19.1 Å². The van der Waals surface area contributed by atoms with E-state index in [2.05, 4.69) is 11.3 Å². The molecule has 1 unspecified atom stereocenters.